The summed E-state index contributed by atoms with van der Waals surface area (Å²) < 4.78 is 2.16. The summed E-state index contributed by atoms with van der Waals surface area (Å²) in [6.07, 6.45) is 4.53. The highest BCUT2D eigenvalue weighted by Gasteiger charge is 2.24. The van der Waals surface area contributed by atoms with Crippen molar-refractivity contribution in [2.75, 3.05) is 5.32 Å². The Hall–Kier alpha value is -1.75. The molecule has 1 heterocycles. The van der Waals surface area contributed by atoms with Gasteiger partial charge in [-0.1, -0.05) is 48.2 Å². The second kappa shape index (κ2) is 7.47. The van der Waals surface area contributed by atoms with Crippen LogP contribution in [0, 0.1) is 0 Å². The summed E-state index contributed by atoms with van der Waals surface area (Å²) in [5, 5.41) is 4.97. The molecule has 0 radical (unpaired) electrons. The molecule has 0 bridgehead atoms. The molecule has 4 rings (SSSR count). The van der Waals surface area contributed by atoms with Crippen molar-refractivity contribution in [1.29, 1.82) is 0 Å². The summed E-state index contributed by atoms with van der Waals surface area (Å²) in [4.78, 5) is 4.81. The van der Waals surface area contributed by atoms with Gasteiger partial charge < -0.3 is 15.6 Å². The second-order valence-electron chi connectivity index (χ2n) is 6.95. The van der Waals surface area contributed by atoms with E-state index in [0.717, 1.165) is 35.4 Å². The van der Waals surface area contributed by atoms with E-state index in [2.05, 4.69) is 16.0 Å². The van der Waals surface area contributed by atoms with Crippen LogP contribution in [0.3, 0.4) is 0 Å². The molecular weight excluding hydrogens is 367 g/mol. The van der Waals surface area contributed by atoms with Gasteiger partial charge in [0.1, 0.15) is 0 Å². The van der Waals surface area contributed by atoms with Gasteiger partial charge in [0.2, 0.25) is 5.95 Å². The average Bonchev–Trinajstić information content (AvgIpc) is 2.97. The third kappa shape index (κ3) is 3.54. The van der Waals surface area contributed by atoms with Gasteiger partial charge in [-0.3, -0.25) is 0 Å². The molecule has 136 valence electrons. The number of para-hydroxylation sites is 2. The number of halogens is 2. The van der Waals surface area contributed by atoms with Crippen LogP contribution in [-0.4, -0.2) is 21.6 Å². The first-order valence-corrected chi connectivity index (χ1v) is 9.79. The highest BCUT2D eigenvalue weighted by Crippen LogP contribution is 2.28. The molecule has 1 fully saturated rings. The number of benzene rings is 2. The van der Waals surface area contributed by atoms with Crippen molar-refractivity contribution in [2.45, 2.75) is 44.3 Å². The molecule has 3 N–H and O–H groups in total. The van der Waals surface area contributed by atoms with Gasteiger partial charge >= 0.3 is 0 Å². The molecule has 2 atom stereocenters. The lowest BCUT2D eigenvalue weighted by Crippen LogP contribution is -2.43. The van der Waals surface area contributed by atoms with Crippen molar-refractivity contribution >= 4 is 40.2 Å². The largest absolute Gasteiger partial charge is 0.351 e. The Morgan fingerprint density at radius 3 is 2.77 bits per heavy atom. The van der Waals surface area contributed by atoms with Crippen molar-refractivity contribution < 1.29 is 0 Å². The second-order valence-corrected chi connectivity index (χ2v) is 7.79. The van der Waals surface area contributed by atoms with E-state index in [1.807, 2.05) is 30.3 Å². The molecular formula is C20H22Cl2N4. The molecule has 1 saturated carbocycles. The normalized spacial score (nSPS) is 20.4. The van der Waals surface area contributed by atoms with Crippen LogP contribution < -0.4 is 11.1 Å². The molecule has 1 aliphatic rings. The maximum Gasteiger partial charge on any atom is 0.204 e. The molecule has 2 aromatic carbocycles. The minimum absolute atomic E-state index is 0.159. The molecule has 0 saturated heterocycles. The Bertz CT molecular complexity index is 921. The van der Waals surface area contributed by atoms with Crippen molar-refractivity contribution in [3.05, 3.63) is 58.1 Å². The number of imidazole rings is 1. The lowest BCUT2D eigenvalue weighted by molar-refractivity contribution is 0.401. The van der Waals surface area contributed by atoms with Crippen LogP contribution in [0.2, 0.25) is 10.0 Å². The summed E-state index contributed by atoms with van der Waals surface area (Å²) in [6.45, 7) is 0.601. The first-order valence-electron chi connectivity index (χ1n) is 9.03. The van der Waals surface area contributed by atoms with Crippen molar-refractivity contribution in [3.8, 4) is 0 Å². The Balaban J connectivity index is 1.73. The number of nitrogens with two attached hydrogens (primary N) is 1. The fraction of sp³-hybridized carbons (Fsp3) is 0.350. The number of fused-ring (bicyclic) bond motifs is 1. The zero-order chi connectivity index (χ0) is 18.1. The number of rotatable bonds is 4. The van der Waals surface area contributed by atoms with E-state index in [9.17, 15) is 0 Å². The number of hydrogen-bond donors (Lipinski definition) is 2. The van der Waals surface area contributed by atoms with Crippen molar-refractivity contribution in [1.82, 2.24) is 9.55 Å². The van der Waals surface area contributed by atoms with Gasteiger partial charge in [0.25, 0.3) is 0 Å². The van der Waals surface area contributed by atoms with E-state index in [1.54, 1.807) is 6.07 Å². The Labute approximate surface area is 163 Å². The molecule has 0 unspecified atom stereocenters. The van der Waals surface area contributed by atoms with Gasteiger partial charge in [-0.25, -0.2) is 4.98 Å². The van der Waals surface area contributed by atoms with Gasteiger partial charge in [-0.05, 0) is 48.7 Å². The van der Waals surface area contributed by atoms with Crippen molar-refractivity contribution in [3.63, 3.8) is 0 Å². The first-order chi connectivity index (χ1) is 12.6. The maximum absolute atomic E-state index is 6.40. The summed E-state index contributed by atoms with van der Waals surface area (Å²) in [6, 6.07) is 14.1. The number of nitrogens with one attached hydrogen (secondary N) is 1. The molecule has 0 spiro atoms. The Morgan fingerprint density at radius 1 is 1.12 bits per heavy atom. The van der Waals surface area contributed by atoms with Gasteiger partial charge in [-0.15, -0.1) is 0 Å². The van der Waals surface area contributed by atoms with E-state index in [1.165, 1.54) is 12.8 Å². The molecule has 4 nitrogen and oxygen atoms in total. The van der Waals surface area contributed by atoms with Gasteiger partial charge in [-0.2, -0.15) is 0 Å². The number of aromatic nitrogens is 2. The van der Waals surface area contributed by atoms with Gasteiger partial charge in [0.15, 0.2) is 0 Å². The summed E-state index contributed by atoms with van der Waals surface area (Å²) >= 11 is 12.6. The molecule has 6 heteroatoms. The lowest BCUT2D eigenvalue weighted by atomic mass is 9.91. The molecule has 0 amide bonds. The van der Waals surface area contributed by atoms with E-state index >= 15 is 0 Å². The SMILES string of the molecule is N[C@H]1CCCC[C@@H]1Nc1nc2ccccc2n1Cc1cc(Cl)ccc1Cl. The fourth-order valence-electron chi connectivity index (χ4n) is 3.69. The minimum atomic E-state index is 0.159. The van der Waals surface area contributed by atoms with E-state index in [4.69, 9.17) is 33.9 Å². The predicted molar refractivity (Wildman–Crippen MR) is 109 cm³/mol. The van der Waals surface area contributed by atoms with Crippen LogP contribution in [0.15, 0.2) is 42.5 Å². The monoisotopic (exact) mass is 388 g/mol. The molecule has 0 aliphatic heterocycles. The average molecular weight is 389 g/mol. The third-order valence-electron chi connectivity index (χ3n) is 5.12. The van der Waals surface area contributed by atoms with Crippen molar-refractivity contribution in [2.24, 2.45) is 5.73 Å². The summed E-state index contributed by atoms with van der Waals surface area (Å²) in [5.41, 5.74) is 9.32. The van der Waals surface area contributed by atoms with E-state index < -0.39 is 0 Å². The fourth-order valence-corrected chi connectivity index (χ4v) is 4.06. The standard InChI is InChI=1S/C20H22Cl2N4/c21-14-9-10-15(22)13(11-14)12-26-19-8-4-3-7-18(19)25-20(26)24-17-6-2-1-5-16(17)23/h3-4,7-11,16-17H,1-2,5-6,12,23H2,(H,24,25)/t16-,17-/m0/s1. The highest BCUT2D eigenvalue weighted by atomic mass is 35.5. The number of hydrogen-bond acceptors (Lipinski definition) is 3. The third-order valence-corrected chi connectivity index (χ3v) is 5.73. The Morgan fingerprint density at radius 2 is 1.92 bits per heavy atom. The van der Waals surface area contributed by atoms with Crippen LogP contribution in [0.25, 0.3) is 11.0 Å². The maximum atomic E-state index is 6.40. The highest BCUT2D eigenvalue weighted by molar-refractivity contribution is 6.33. The first kappa shape index (κ1) is 17.7. The van der Waals surface area contributed by atoms with Gasteiger partial charge in [0, 0.05) is 22.1 Å². The quantitative estimate of drug-likeness (QED) is 0.655. The topological polar surface area (TPSA) is 55.9 Å². The smallest absolute Gasteiger partial charge is 0.204 e. The molecule has 1 aromatic heterocycles. The van der Waals surface area contributed by atoms with Crippen LogP contribution in [0.1, 0.15) is 31.2 Å². The predicted octanol–water partition coefficient (Wildman–Crippen LogP) is 5.07. The van der Waals surface area contributed by atoms with Crippen LogP contribution >= 0.6 is 23.2 Å². The van der Waals surface area contributed by atoms with Gasteiger partial charge in [0.05, 0.1) is 17.6 Å². The van der Waals surface area contributed by atoms with Crippen LogP contribution in [0.4, 0.5) is 5.95 Å². The lowest BCUT2D eigenvalue weighted by Gasteiger charge is -2.30. The van der Waals surface area contributed by atoms with E-state index in [-0.39, 0.29) is 12.1 Å². The Kier molecular flexibility index (Phi) is 5.07. The number of anilines is 1. The minimum Gasteiger partial charge on any atom is -0.351 e. The summed E-state index contributed by atoms with van der Waals surface area (Å²) in [7, 11) is 0. The number of nitrogens with zero attached hydrogens (tertiary/aromatic N) is 2. The van der Waals surface area contributed by atoms with Crippen LogP contribution in [-0.2, 0) is 6.54 Å². The molecule has 26 heavy (non-hydrogen) atoms. The molecule has 1 aliphatic carbocycles. The summed E-state index contributed by atoms with van der Waals surface area (Å²) in [5.74, 6) is 0.838. The zero-order valence-corrected chi connectivity index (χ0v) is 16.0. The molecule has 3 aromatic rings. The van der Waals surface area contributed by atoms with E-state index in [0.29, 0.717) is 16.6 Å². The van der Waals surface area contributed by atoms with Crippen LogP contribution in [0.5, 0.6) is 0 Å². The zero-order valence-electron chi connectivity index (χ0n) is 14.5.